The van der Waals surface area contributed by atoms with Crippen LogP contribution < -0.4 is 10.2 Å². The minimum absolute atomic E-state index is 0.0862. The first-order valence-electron chi connectivity index (χ1n) is 9.05. The van der Waals surface area contributed by atoms with Crippen molar-refractivity contribution in [3.63, 3.8) is 0 Å². The molecule has 1 fully saturated rings. The summed E-state index contributed by atoms with van der Waals surface area (Å²) < 4.78 is 9.48. The summed E-state index contributed by atoms with van der Waals surface area (Å²) >= 11 is 1.45. The topological polar surface area (TPSA) is 67.3 Å². The van der Waals surface area contributed by atoms with Gasteiger partial charge in [-0.1, -0.05) is 29.8 Å². The van der Waals surface area contributed by atoms with Crippen LogP contribution in [0.4, 0.5) is 5.13 Å². The van der Waals surface area contributed by atoms with Gasteiger partial charge in [0.1, 0.15) is 5.82 Å². The second-order valence-electron chi connectivity index (χ2n) is 6.70. The van der Waals surface area contributed by atoms with Crippen LogP contribution in [-0.2, 0) is 16.0 Å². The number of piperidine rings is 1. The monoisotopic (exact) mass is 374 g/mol. The fraction of sp³-hybridized carbons (Fsp3) is 0.526. The average molecular weight is 375 g/mol. The van der Waals surface area contributed by atoms with E-state index in [1.165, 1.54) is 22.7 Å². The number of hydrogen-bond donors (Lipinski definition) is 1. The van der Waals surface area contributed by atoms with Gasteiger partial charge in [0, 0.05) is 50.6 Å². The van der Waals surface area contributed by atoms with Crippen molar-refractivity contribution in [2.75, 3.05) is 38.3 Å². The molecule has 2 heterocycles. The maximum absolute atomic E-state index is 12.1. The van der Waals surface area contributed by atoms with Crippen LogP contribution in [0.1, 0.15) is 29.8 Å². The van der Waals surface area contributed by atoms with E-state index in [9.17, 15) is 4.79 Å². The Bertz CT molecular complexity index is 709. The molecule has 0 atom stereocenters. The highest BCUT2D eigenvalue weighted by Gasteiger charge is 2.26. The molecule has 3 rings (SSSR count). The Morgan fingerprint density at radius 2 is 2.04 bits per heavy atom. The van der Waals surface area contributed by atoms with Gasteiger partial charge in [0.2, 0.25) is 11.0 Å². The first-order valence-corrected chi connectivity index (χ1v) is 9.83. The largest absolute Gasteiger partial charge is 0.383 e. The van der Waals surface area contributed by atoms with E-state index in [2.05, 4.69) is 45.8 Å². The lowest BCUT2D eigenvalue weighted by atomic mass is 9.96. The smallest absolute Gasteiger partial charge is 0.223 e. The second kappa shape index (κ2) is 9.09. The third kappa shape index (κ3) is 5.02. The molecular formula is C19H26N4O2S. The van der Waals surface area contributed by atoms with Gasteiger partial charge in [-0.3, -0.25) is 4.79 Å². The van der Waals surface area contributed by atoms with Crippen LogP contribution >= 0.6 is 11.5 Å². The number of rotatable bonds is 7. The number of amides is 1. The maximum Gasteiger partial charge on any atom is 0.223 e. The lowest BCUT2D eigenvalue weighted by molar-refractivity contribution is -0.125. The molecule has 1 N–H and O–H groups in total. The number of benzene rings is 1. The number of anilines is 1. The van der Waals surface area contributed by atoms with E-state index in [1.54, 1.807) is 7.11 Å². The first kappa shape index (κ1) is 18.8. The van der Waals surface area contributed by atoms with Gasteiger partial charge in [-0.2, -0.15) is 4.37 Å². The van der Waals surface area contributed by atoms with E-state index >= 15 is 0 Å². The van der Waals surface area contributed by atoms with Gasteiger partial charge in [-0.15, -0.1) is 0 Å². The predicted octanol–water partition coefficient (Wildman–Crippen LogP) is 2.42. The summed E-state index contributed by atoms with van der Waals surface area (Å²) in [6, 6.07) is 8.49. The number of methoxy groups -OCH3 is 1. The normalized spacial score (nSPS) is 15.2. The molecule has 26 heavy (non-hydrogen) atoms. The summed E-state index contributed by atoms with van der Waals surface area (Å²) in [6.45, 7) is 4.92. The number of nitrogens with one attached hydrogen (secondary N) is 1. The van der Waals surface area contributed by atoms with Crippen LogP contribution in [-0.4, -0.2) is 48.6 Å². The van der Waals surface area contributed by atoms with Crippen molar-refractivity contribution >= 4 is 22.6 Å². The number of hydrogen-bond acceptors (Lipinski definition) is 6. The van der Waals surface area contributed by atoms with Crippen molar-refractivity contribution in [3.05, 3.63) is 41.2 Å². The Morgan fingerprint density at radius 3 is 2.73 bits per heavy atom. The molecular weight excluding hydrogens is 348 g/mol. The Balaban J connectivity index is 1.50. The third-order valence-corrected chi connectivity index (χ3v) is 5.50. The second-order valence-corrected chi connectivity index (χ2v) is 7.43. The summed E-state index contributed by atoms with van der Waals surface area (Å²) in [5, 5.41) is 3.90. The Kier molecular flexibility index (Phi) is 6.57. The van der Waals surface area contributed by atoms with Gasteiger partial charge in [0.05, 0.1) is 6.61 Å². The van der Waals surface area contributed by atoms with Crippen LogP contribution in [0.5, 0.6) is 0 Å². The molecule has 140 valence electrons. The fourth-order valence-corrected chi connectivity index (χ4v) is 3.82. The Hall–Kier alpha value is -1.99. The minimum atomic E-state index is 0.0862. The maximum atomic E-state index is 12.1. The first-order chi connectivity index (χ1) is 12.7. The molecule has 0 spiro atoms. The standard InChI is InChI=1S/C19H26N4O2S/c1-14-3-5-15(6-4-14)13-17-21-19(26-22-17)23-10-7-16(8-11-23)18(24)20-9-12-25-2/h3-6,16H,7-13H2,1-2H3,(H,20,24). The molecule has 0 saturated carbocycles. The van der Waals surface area contributed by atoms with E-state index in [4.69, 9.17) is 9.72 Å². The number of aryl methyl sites for hydroxylation is 1. The highest BCUT2D eigenvalue weighted by atomic mass is 32.1. The van der Waals surface area contributed by atoms with Crippen molar-refractivity contribution in [1.29, 1.82) is 0 Å². The molecule has 1 aliphatic heterocycles. The molecule has 1 aromatic carbocycles. The highest BCUT2D eigenvalue weighted by Crippen LogP contribution is 2.25. The number of aromatic nitrogens is 2. The van der Waals surface area contributed by atoms with Gasteiger partial charge in [0.15, 0.2) is 0 Å². The van der Waals surface area contributed by atoms with E-state index in [1.807, 2.05) is 0 Å². The van der Waals surface area contributed by atoms with E-state index in [0.717, 1.165) is 43.3 Å². The molecule has 1 saturated heterocycles. The molecule has 0 bridgehead atoms. The zero-order chi connectivity index (χ0) is 18.4. The number of nitrogens with zero attached hydrogens (tertiary/aromatic N) is 3. The molecule has 6 nitrogen and oxygen atoms in total. The molecule has 0 aliphatic carbocycles. The quantitative estimate of drug-likeness (QED) is 0.754. The van der Waals surface area contributed by atoms with Crippen molar-refractivity contribution in [2.45, 2.75) is 26.2 Å². The van der Waals surface area contributed by atoms with Crippen molar-refractivity contribution in [3.8, 4) is 0 Å². The predicted molar refractivity (Wildman–Crippen MR) is 104 cm³/mol. The summed E-state index contributed by atoms with van der Waals surface area (Å²) in [5.41, 5.74) is 2.49. The number of carbonyl (C=O) groups is 1. The van der Waals surface area contributed by atoms with Crippen molar-refractivity contribution < 1.29 is 9.53 Å². The summed E-state index contributed by atoms with van der Waals surface area (Å²) in [5.74, 6) is 1.09. The average Bonchev–Trinajstić information content (AvgIpc) is 3.12. The van der Waals surface area contributed by atoms with Crippen molar-refractivity contribution in [2.24, 2.45) is 5.92 Å². The van der Waals surface area contributed by atoms with Crippen LogP contribution in [0, 0.1) is 12.8 Å². The zero-order valence-electron chi connectivity index (χ0n) is 15.4. The molecule has 1 amide bonds. The summed E-state index contributed by atoms with van der Waals surface area (Å²) in [6.07, 6.45) is 2.46. The molecule has 1 aliphatic rings. The lowest BCUT2D eigenvalue weighted by Crippen LogP contribution is -2.41. The SMILES string of the molecule is COCCNC(=O)C1CCN(c2nc(Cc3ccc(C)cc3)ns2)CC1. The number of ether oxygens (including phenoxy) is 1. The molecule has 2 aromatic rings. The number of carbonyl (C=O) groups excluding carboxylic acids is 1. The van der Waals surface area contributed by atoms with Crippen LogP contribution in [0.25, 0.3) is 0 Å². The Labute approximate surface area is 158 Å². The third-order valence-electron chi connectivity index (χ3n) is 4.68. The van der Waals surface area contributed by atoms with E-state index in [0.29, 0.717) is 13.2 Å². The zero-order valence-corrected chi connectivity index (χ0v) is 16.2. The van der Waals surface area contributed by atoms with Crippen LogP contribution in [0.3, 0.4) is 0 Å². The van der Waals surface area contributed by atoms with Gasteiger partial charge in [-0.05, 0) is 25.3 Å². The summed E-state index contributed by atoms with van der Waals surface area (Å²) in [4.78, 5) is 19.1. The minimum Gasteiger partial charge on any atom is -0.383 e. The molecule has 7 heteroatoms. The van der Waals surface area contributed by atoms with Gasteiger partial charge >= 0.3 is 0 Å². The lowest BCUT2D eigenvalue weighted by Gasteiger charge is -2.30. The fourth-order valence-electron chi connectivity index (χ4n) is 3.09. The molecule has 0 unspecified atom stereocenters. The summed E-state index contributed by atoms with van der Waals surface area (Å²) in [7, 11) is 1.64. The van der Waals surface area contributed by atoms with Gasteiger partial charge in [-0.25, -0.2) is 4.98 Å². The Morgan fingerprint density at radius 1 is 1.31 bits per heavy atom. The van der Waals surface area contributed by atoms with Gasteiger partial charge < -0.3 is 15.0 Å². The van der Waals surface area contributed by atoms with Crippen LogP contribution in [0.2, 0.25) is 0 Å². The van der Waals surface area contributed by atoms with E-state index < -0.39 is 0 Å². The van der Waals surface area contributed by atoms with Crippen molar-refractivity contribution in [1.82, 2.24) is 14.7 Å². The molecule has 0 radical (unpaired) electrons. The molecule has 1 aromatic heterocycles. The van der Waals surface area contributed by atoms with Crippen LogP contribution in [0.15, 0.2) is 24.3 Å². The van der Waals surface area contributed by atoms with Gasteiger partial charge in [0.25, 0.3) is 0 Å². The van der Waals surface area contributed by atoms with E-state index in [-0.39, 0.29) is 11.8 Å². The highest BCUT2D eigenvalue weighted by molar-refractivity contribution is 7.09.